The fraction of sp³-hybridized carbons (Fsp3) is 0.700. The maximum atomic E-state index is 6.25. The molecule has 1 aliphatic heterocycles. The lowest BCUT2D eigenvalue weighted by atomic mass is 9.91. The molecule has 134 valence electrons. The third-order valence-corrected chi connectivity index (χ3v) is 5.11. The molecular formula is C20H31NO3. The fourth-order valence-electron chi connectivity index (χ4n) is 3.92. The van der Waals surface area contributed by atoms with Gasteiger partial charge in [-0.15, -0.1) is 0 Å². The number of para-hydroxylation sites is 2. The van der Waals surface area contributed by atoms with Crippen molar-refractivity contribution in [3.8, 4) is 11.5 Å². The van der Waals surface area contributed by atoms with E-state index in [4.69, 9.17) is 14.2 Å². The molecule has 1 aromatic carbocycles. The van der Waals surface area contributed by atoms with E-state index in [0.717, 1.165) is 43.9 Å². The lowest BCUT2D eigenvalue weighted by Gasteiger charge is -2.41. The molecule has 0 saturated heterocycles. The van der Waals surface area contributed by atoms with Crippen molar-refractivity contribution in [2.75, 3.05) is 13.2 Å². The van der Waals surface area contributed by atoms with Crippen molar-refractivity contribution in [2.45, 2.75) is 77.4 Å². The summed E-state index contributed by atoms with van der Waals surface area (Å²) >= 11 is 0. The lowest BCUT2D eigenvalue weighted by Crippen LogP contribution is -2.51. The Kier molecular flexibility index (Phi) is 5.67. The van der Waals surface area contributed by atoms with Crippen molar-refractivity contribution in [1.29, 1.82) is 0 Å². The summed E-state index contributed by atoms with van der Waals surface area (Å²) in [5.74, 6) is 1.71. The molecule has 2 aliphatic rings. The van der Waals surface area contributed by atoms with E-state index < -0.39 is 0 Å². The van der Waals surface area contributed by atoms with E-state index in [0.29, 0.717) is 12.1 Å². The second-order valence-corrected chi connectivity index (χ2v) is 7.45. The molecule has 4 nitrogen and oxygen atoms in total. The Labute approximate surface area is 146 Å². The second-order valence-electron chi connectivity index (χ2n) is 7.45. The van der Waals surface area contributed by atoms with Crippen LogP contribution in [0.2, 0.25) is 0 Å². The first-order valence-electron chi connectivity index (χ1n) is 9.36. The largest absolute Gasteiger partial charge is 0.483 e. The van der Waals surface area contributed by atoms with Crippen molar-refractivity contribution in [3.63, 3.8) is 0 Å². The smallest absolute Gasteiger partial charge is 0.161 e. The third kappa shape index (κ3) is 3.86. The SMILES string of the molecule is CC(C)N(CCOC1CCCC2Oc3ccccc3OC12)C(C)C. The molecule has 4 heteroatoms. The molecular weight excluding hydrogens is 302 g/mol. The summed E-state index contributed by atoms with van der Waals surface area (Å²) in [6.07, 6.45) is 3.48. The highest BCUT2D eigenvalue weighted by molar-refractivity contribution is 5.41. The highest BCUT2D eigenvalue weighted by Crippen LogP contribution is 2.39. The second kappa shape index (κ2) is 7.75. The third-order valence-electron chi connectivity index (χ3n) is 5.11. The molecule has 3 rings (SSSR count). The monoisotopic (exact) mass is 333 g/mol. The van der Waals surface area contributed by atoms with Crippen molar-refractivity contribution in [1.82, 2.24) is 4.90 Å². The van der Waals surface area contributed by atoms with Gasteiger partial charge in [0, 0.05) is 18.6 Å². The molecule has 0 amide bonds. The summed E-state index contributed by atoms with van der Waals surface area (Å²) in [6.45, 7) is 10.7. The molecule has 1 heterocycles. The van der Waals surface area contributed by atoms with Crippen molar-refractivity contribution >= 4 is 0 Å². The molecule has 1 saturated carbocycles. The minimum Gasteiger partial charge on any atom is -0.483 e. The minimum atomic E-state index is 0.0141. The van der Waals surface area contributed by atoms with Crippen molar-refractivity contribution < 1.29 is 14.2 Å². The van der Waals surface area contributed by atoms with Crippen molar-refractivity contribution in [2.24, 2.45) is 0 Å². The molecule has 0 radical (unpaired) electrons. The number of nitrogens with zero attached hydrogens (tertiary/aromatic N) is 1. The van der Waals surface area contributed by atoms with Gasteiger partial charge in [-0.25, -0.2) is 0 Å². The van der Waals surface area contributed by atoms with Crippen LogP contribution < -0.4 is 9.47 Å². The normalized spacial score (nSPS) is 26.0. The Balaban J connectivity index is 1.58. The molecule has 24 heavy (non-hydrogen) atoms. The van der Waals surface area contributed by atoms with Gasteiger partial charge in [0.1, 0.15) is 6.10 Å². The van der Waals surface area contributed by atoms with Gasteiger partial charge < -0.3 is 14.2 Å². The van der Waals surface area contributed by atoms with Crippen LogP contribution in [0, 0.1) is 0 Å². The predicted octanol–water partition coefficient (Wildman–Crippen LogP) is 3.88. The number of benzene rings is 1. The summed E-state index contributed by atoms with van der Waals surface area (Å²) in [4.78, 5) is 2.47. The van der Waals surface area contributed by atoms with E-state index in [-0.39, 0.29) is 18.3 Å². The highest BCUT2D eigenvalue weighted by atomic mass is 16.6. The highest BCUT2D eigenvalue weighted by Gasteiger charge is 2.40. The van der Waals surface area contributed by atoms with Crippen LogP contribution in [0.4, 0.5) is 0 Å². The number of ether oxygens (including phenoxy) is 3. The number of rotatable bonds is 6. The summed E-state index contributed by atoms with van der Waals surface area (Å²) < 4.78 is 18.6. The Morgan fingerprint density at radius 2 is 1.71 bits per heavy atom. The van der Waals surface area contributed by atoms with Gasteiger partial charge in [-0.05, 0) is 59.1 Å². The number of hydrogen-bond donors (Lipinski definition) is 0. The van der Waals surface area contributed by atoms with Crippen LogP contribution in [-0.4, -0.2) is 48.4 Å². The number of hydrogen-bond acceptors (Lipinski definition) is 4. The Morgan fingerprint density at radius 3 is 2.38 bits per heavy atom. The van der Waals surface area contributed by atoms with Crippen LogP contribution in [0.25, 0.3) is 0 Å². The summed E-state index contributed by atoms with van der Waals surface area (Å²) in [7, 11) is 0. The predicted molar refractivity (Wildman–Crippen MR) is 95.8 cm³/mol. The standard InChI is InChI=1S/C20H31NO3/c1-14(2)21(15(3)4)12-13-22-18-10-7-11-19-20(18)24-17-9-6-5-8-16(17)23-19/h5-6,8-9,14-15,18-20H,7,10-13H2,1-4H3. The Bertz CT molecular complexity index is 523. The molecule has 0 spiro atoms. The van der Waals surface area contributed by atoms with E-state index in [2.05, 4.69) is 32.6 Å². The van der Waals surface area contributed by atoms with Gasteiger partial charge in [-0.3, -0.25) is 4.90 Å². The lowest BCUT2D eigenvalue weighted by molar-refractivity contribution is -0.111. The van der Waals surface area contributed by atoms with E-state index in [1.165, 1.54) is 0 Å². The van der Waals surface area contributed by atoms with Crippen LogP contribution in [0.1, 0.15) is 47.0 Å². The molecule has 0 N–H and O–H groups in total. The van der Waals surface area contributed by atoms with E-state index in [1.807, 2.05) is 24.3 Å². The van der Waals surface area contributed by atoms with E-state index >= 15 is 0 Å². The maximum absolute atomic E-state index is 6.25. The average molecular weight is 333 g/mol. The molecule has 1 aliphatic carbocycles. The van der Waals surface area contributed by atoms with Gasteiger partial charge in [-0.2, -0.15) is 0 Å². The van der Waals surface area contributed by atoms with Crippen LogP contribution in [0.3, 0.4) is 0 Å². The molecule has 1 aromatic rings. The molecule has 0 aromatic heterocycles. The first kappa shape index (κ1) is 17.6. The van der Waals surface area contributed by atoms with E-state index in [1.54, 1.807) is 0 Å². The summed E-state index contributed by atoms with van der Waals surface area (Å²) in [6, 6.07) is 9.02. The van der Waals surface area contributed by atoms with Gasteiger partial charge in [0.05, 0.1) is 12.7 Å². The summed E-state index contributed by atoms with van der Waals surface area (Å²) in [5.41, 5.74) is 0. The van der Waals surface area contributed by atoms with Crippen LogP contribution in [0.5, 0.6) is 11.5 Å². The Hall–Kier alpha value is -1.26. The van der Waals surface area contributed by atoms with Gasteiger partial charge >= 0.3 is 0 Å². The van der Waals surface area contributed by atoms with Crippen LogP contribution >= 0.6 is 0 Å². The van der Waals surface area contributed by atoms with Gasteiger partial charge in [0.25, 0.3) is 0 Å². The number of fused-ring (bicyclic) bond motifs is 2. The van der Waals surface area contributed by atoms with Crippen molar-refractivity contribution in [3.05, 3.63) is 24.3 Å². The molecule has 3 atom stereocenters. The molecule has 0 bridgehead atoms. The first-order chi connectivity index (χ1) is 11.6. The minimum absolute atomic E-state index is 0.0141. The van der Waals surface area contributed by atoms with E-state index in [9.17, 15) is 0 Å². The molecule has 3 unspecified atom stereocenters. The molecule has 1 fully saturated rings. The zero-order valence-corrected chi connectivity index (χ0v) is 15.4. The maximum Gasteiger partial charge on any atom is 0.161 e. The van der Waals surface area contributed by atoms with Gasteiger partial charge in [-0.1, -0.05) is 12.1 Å². The van der Waals surface area contributed by atoms with Crippen LogP contribution in [-0.2, 0) is 4.74 Å². The average Bonchev–Trinajstić information content (AvgIpc) is 2.56. The zero-order valence-electron chi connectivity index (χ0n) is 15.4. The van der Waals surface area contributed by atoms with Gasteiger partial charge in [0.2, 0.25) is 0 Å². The quantitative estimate of drug-likeness (QED) is 0.790. The zero-order chi connectivity index (χ0) is 17.1. The van der Waals surface area contributed by atoms with Gasteiger partial charge in [0.15, 0.2) is 17.6 Å². The fourth-order valence-corrected chi connectivity index (χ4v) is 3.92. The first-order valence-corrected chi connectivity index (χ1v) is 9.36. The Morgan fingerprint density at radius 1 is 1.04 bits per heavy atom. The topological polar surface area (TPSA) is 30.9 Å². The van der Waals surface area contributed by atoms with Crippen LogP contribution in [0.15, 0.2) is 24.3 Å². The summed E-state index contributed by atoms with van der Waals surface area (Å²) in [5, 5.41) is 0.